The molecule has 0 saturated heterocycles. The average Bonchev–Trinajstić information content (AvgIpc) is 2.15. The number of nitrogens with two attached hydrogens (primary N) is 1. The van der Waals surface area contributed by atoms with Crippen molar-refractivity contribution in [3.8, 4) is 5.75 Å². The second-order valence-electron chi connectivity index (χ2n) is 3.94. The van der Waals surface area contributed by atoms with Crippen molar-refractivity contribution in [3.63, 3.8) is 0 Å². The summed E-state index contributed by atoms with van der Waals surface area (Å²) in [6, 6.07) is 5.53. The minimum absolute atomic E-state index is 0.288. The summed E-state index contributed by atoms with van der Waals surface area (Å²) in [5, 5.41) is 4.92. The van der Waals surface area contributed by atoms with Gasteiger partial charge in [-0.3, -0.25) is 0 Å². The quantitative estimate of drug-likeness (QED) is 0.771. The number of nitrogens with one attached hydrogen (secondary N) is 1. The number of rotatable bonds is 2. The molecule has 5 nitrogen and oxygen atoms in total. The van der Waals surface area contributed by atoms with Gasteiger partial charge in [-0.25, -0.2) is 5.14 Å². The Kier molecular flexibility index (Phi) is 2.88. The zero-order valence-corrected chi connectivity index (χ0v) is 9.75. The largest absolute Gasteiger partial charge is 0.491 e. The molecule has 88 valence electrons. The second-order valence-corrected chi connectivity index (χ2v) is 5.26. The van der Waals surface area contributed by atoms with Crippen molar-refractivity contribution >= 4 is 10.2 Å². The summed E-state index contributed by atoms with van der Waals surface area (Å²) in [4.78, 5) is 0. The molecular formula is C10H14N2O3S. The molecule has 6 heteroatoms. The Morgan fingerprint density at radius 1 is 1.50 bits per heavy atom. The van der Waals surface area contributed by atoms with Crippen LogP contribution in [0.2, 0.25) is 0 Å². The molecule has 0 fully saturated rings. The van der Waals surface area contributed by atoms with E-state index in [0.717, 1.165) is 16.9 Å². The van der Waals surface area contributed by atoms with Crippen molar-refractivity contribution in [3.05, 3.63) is 29.3 Å². The van der Waals surface area contributed by atoms with Crippen molar-refractivity contribution in [2.24, 2.45) is 5.14 Å². The highest BCUT2D eigenvalue weighted by Crippen LogP contribution is 2.28. The van der Waals surface area contributed by atoms with Gasteiger partial charge in [0.1, 0.15) is 12.4 Å². The first-order valence-electron chi connectivity index (χ1n) is 4.97. The fourth-order valence-electron chi connectivity index (χ4n) is 1.90. The molecule has 1 atom stereocenters. The molecule has 1 heterocycles. The zero-order valence-electron chi connectivity index (χ0n) is 8.93. The van der Waals surface area contributed by atoms with Crippen LogP contribution < -0.4 is 14.6 Å². The molecule has 0 saturated carbocycles. The van der Waals surface area contributed by atoms with Crippen LogP contribution in [-0.4, -0.2) is 21.1 Å². The smallest absolute Gasteiger partial charge is 0.274 e. The molecule has 2 rings (SSSR count). The van der Waals surface area contributed by atoms with Gasteiger partial charge in [0, 0.05) is 0 Å². The maximum absolute atomic E-state index is 10.9. The van der Waals surface area contributed by atoms with E-state index in [1.807, 2.05) is 25.1 Å². The molecule has 0 spiro atoms. The highest BCUT2D eigenvalue weighted by atomic mass is 32.2. The van der Waals surface area contributed by atoms with Gasteiger partial charge < -0.3 is 4.74 Å². The standard InChI is InChI=1S/C10H14N2O3S/c1-7-3-2-4-8-5-9(6-15-10(7)8)12-16(11,13)14/h2-4,9,12H,5-6H2,1H3,(H2,11,13,14)/t9-/m0/s1. The molecule has 1 aromatic carbocycles. The summed E-state index contributed by atoms with van der Waals surface area (Å²) in [6.07, 6.45) is 0.605. The number of para-hydroxylation sites is 1. The van der Waals surface area contributed by atoms with E-state index in [-0.39, 0.29) is 6.04 Å². The molecule has 0 unspecified atom stereocenters. The Morgan fingerprint density at radius 2 is 2.25 bits per heavy atom. The lowest BCUT2D eigenvalue weighted by molar-refractivity contribution is 0.252. The first-order chi connectivity index (χ1) is 7.46. The minimum Gasteiger partial charge on any atom is -0.491 e. The maximum atomic E-state index is 10.9. The molecule has 16 heavy (non-hydrogen) atoms. The van der Waals surface area contributed by atoms with Crippen LogP contribution in [0.4, 0.5) is 0 Å². The van der Waals surface area contributed by atoms with Gasteiger partial charge in [-0.15, -0.1) is 0 Å². The summed E-state index contributed by atoms with van der Waals surface area (Å²) in [5.74, 6) is 0.856. The van der Waals surface area contributed by atoms with Crippen molar-refractivity contribution in [2.45, 2.75) is 19.4 Å². The Morgan fingerprint density at radius 3 is 2.94 bits per heavy atom. The lowest BCUT2D eigenvalue weighted by Gasteiger charge is -2.26. The molecule has 1 aliphatic rings. The first kappa shape index (κ1) is 11.4. The van der Waals surface area contributed by atoms with E-state index in [4.69, 9.17) is 9.88 Å². The molecule has 0 radical (unpaired) electrons. The van der Waals surface area contributed by atoms with E-state index >= 15 is 0 Å². The molecule has 1 aromatic rings. The lowest BCUT2D eigenvalue weighted by Crippen LogP contribution is -2.45. The molecule has 0 bridgehead atoms. The second kappa shape index (κ2) is 4.04. The number of fused-ring (bicyclic) bond motifs is 1. The highest BCUT2D eigenvalue weighted by molar-refractivity contribution is 7.87. The Bertz CT molecular complexity index is 499. The van der Waals surface area contributed by atoms with E-state index in [2.05, 4.69) is 4.72 Å². The van der Waals surface area contributed by atoms with Crippen LogP contribution in [0.1, 0.15) is 11.1 Å². The van der Waals surface area contributed by atoms with Crippen molar-refractivity contribution in [2.75, 3.05) is 6.61 Å². The molecule has 3 N–H and O–H groups in total. The number of benzene rings is 1. The van der Waals surface area contributed by atoms with E-state index < -0.39 is 10.2 Å². The lowest BCUT2D eigenvalue weighted by atomic mass is 10.0. The van der Waals surface area contributed by atoms with Crippen LogP contribution in [0.25, 0.3) is 0 Å². The Hall–Kier alpha value is -1.11. The van der Waals surface area contributed by atoms with Crippen molar-refractivity contribution < 1.29 is 13.2 Å². The van der Waals surface area contributed by atoms with Gasteiger partial charge in [-0.1, -0.05) is 18.2 Å². The number of hydrogen-bond donors (Lipinski definition) is 2. The van der Waals surface area contributed by atoms with Gasteiger partial charge in [-0.2, -0.15) is 13.1 Å². The third-order valence-corrected chi connectivity index (χ3v) is 3.18. The molecule has 0 amide bonds. The minimum atomic E-state index is -3.67. The number of aryl methyl sites for hydroxylation is 1. The van der Waals surface area contributed by atoms with E-state index in [0.29, 0.717) is 13.0 Å². The maximum Gasteiger partial charge on any atom is 0.274 e. The zero-order chi connectivity index (χ0) is 11.8. The monoisotopic (exact) mass is 242 g/mol. The fraction of sp³-hybridized carbons (Fsp3) is 0.400. The molecule has 0 aromatic heterocycles. The van der Waals surface area contributed by atoms with Crippen LogP contribution >= 0.6 is 0 Å². The average molecular weight is 242 g/mol. The number of hydrogen-bond acceptors (Lipinski definition) is 3. The Labute approximate surface area is 94.8 Å². The van der Waals surface area contributed by atoms with Crippen LogP contribution in [0.5, 0.6) is 5.75 Å². The molecular weight excluding hydrogens is 228 g/mol. The molecule has 0 aliphatic carbocycles. The van der Waals surface area contributed by atoms with Gasteiger partial charge in [0.05, 0.1) is 6.04 Å². The first-order valence-corrected chi connectivity index (χ1v) is 6.52. The third kappa shape index (κ3) is 2.52. The predicted octanol–water partition coefficient (Wildman–Crippen LogP) is 0.0916. The van der Waals surface area contributed by atoms with E-state index in [9.17, 15) is 8.42 Å². The summed E-state index contributed by atoms with van der Waals surface area (Å²) >= 11 is 0. The van der Waals surface area contributed by atoms with E-state index in [1.165, 1.54) is 0 Å². The van der Waals surface area contributed by atoms with Crippen LogP contribution in [0.15, 0.2) is 18.2 Å². The Balaban J connectivity index is 2.19. The normalized spacial score (nSPS) is 20.0. The van der Waals surface area contributed by atoms with Gasteiger partial charge in [0.2, 0.25) is 0 Å². The van der Waals surface area contributed by atoms with Gasteiger partial charge in [-0.05, 0) is 24.5 Å². The van der Waals surface area contributed by atoms with Gasteiger partial charge >= 0.3 is 0 Å². The van der Waals surface area contributed by atoms with Crippen LogP contribution in [0, 0.1) is 6.92 Å². The van der Waals surface area contributed by atoms with E-state index in [1.54, 1.807) is 0 Å². The summed E-state index contributed by atoms with van der Waals surface area (Å²) in [6.45, 7) is 2.28. The van der Waals surface area contributed by atoms with Gasteiger partial charge in [0.15, 0.2) is 0 Å². The molecule has 1 aliphatic heterocycles. The summed E-state index contributed by atoms with van der Waals surface area (Å²) in [5.41, 5.74) is 2.07. The van der Waals surface area contributed by atoms with Crippen molar-refractivity contribution in [1.29, 1.82) is 0 Å². The topological polar surface area (TPSA) is 81.4 Å². The number of ether oxygens (including phenoxy) is 1. The SMILES string of the molecule is Cc1cccc2c1OC[C@@H](NS(N)(=O)=O)C2. The fourth-order valence-corrected chi connectivity index (χ4v) is 2.51. The highest BCUT2D eigenvalue weighted by Gasteiger charge is 2.23. The third-order valence-electron chi connectivity index (χ3n) is 2.52. The van der Waals surface area contributed by atoms with Gasteiger partial charge in [0.25, 0.3) is 10.2 Å². The van der Waals surface area contributed by atoms with Crippen molar-refractivity contribution in [1.82, 2.24) is 4.72 Å². The summed E-state index contributed by atoms with van der Waals surface area (Å²) < 4.78 is 29.7. The predicted molar refractivity (Wildman–Crippen MR) is 60.4 cm³/mol. The van der Waals surface area contributed by atoms with Crippen LogP contribution in [0.3, 0.4) is 0 Å². The van der Waals surface area contributed by atoms with Crippen LogP contribution in [-0.2, 0) is 16.6 Å². The summed E-state index contributed by atoms with van der Waals surface area (Å²) in [7, 11) is -3.67.